The number of aromatic nitrogens is 1. The highest BCUT2D eigenvalue weighted by atomic mass is 16.6. The summed E-state index contributed by atoms with van der Waals surface area (Å²) in [6.07, 6.45) is 0. The zero-order valence-electron chi connectivity index (χ0n) is 11.4. The molecule has 0 bridgehead atoms. The fraction of sp³-hybridized carbons (Fsp3) is 0.214. The maximum absolute atomic E-state index is 10.9. The van der Waals surface area contributed by atoms with E-state index >= 15 is 0 Å². The highest BCUT2D eigenvalue weighted by molar-refractivity contribution is 5.62. The molecular weight excluding hydrogens is 256 g/mol. The smallest absolute Gasteiger partial charge is 0.276 e. The van der Waals surface area contributed by atoms with Gasteiger partial charge in [-0.15, -0.1) is 0 Å². The topological polar surface area (TPSA) is 80.1 Å². The number of benzene rings is 1. The van der Waals surface area contributed by atoms with Crippen molar-refractivity contribution in [1.29, 1.82) is 0 Å². The van der Waals surface area contributed by atoms with E-state index in [2.05, 4.69) is 15.6 Å². The summed E-state index contributed by atoms with van der Waals surface area (Å²) in [5.41, 5.74) is 1.99. The molecule has 0 fully saturated rings. The summed E-state index contributed by atoms with van der Waals surface area (Å²) in [5, 5.41) is 17.0. The van der Waals surface area contributed by atoms with Gasteiger partial charge in [0.1, 0.15) is 11.6 Å². The first-order chi connectivity index (χ1) is 9.58. The van der Waals surface area contributed by atoms with Gasteiger partial charge < -0.3 is 10.6 Å². The Balaban J connectivity index is 2.29. The van der Waals surface area contributed by atoms with Crippen LogP contribution in [0.2, 0.25) is 0 Å². The summed E-state index contributed by atoms with van der Waals surface area (Å²) < 4.78 is 0. The molecule has 104 valence electrons. The van der Waals surface area contributed by atoms with E-state index in [-0.39, 0.29) is 5.69 Å². The monoisotopic (exact) mass is 272 g/mol. The van der Waals surface area contributed by atoms with Crippen LogP contribution in [0.1, 0.15) is 12.5 Å². The van der Waals surface area contributed by atoms with E-state index in [9.17, 15) is 10.1 Å². The number of nitrogens with zero attached hydrogens (tertiary/aromatic N) is 2. The number of nitro groups is 1. The fourth-order valence-electron chi connectivity index (χ4n) is 1.74. The SMILES string of the molecule is CCNc1cc([N+](=O)[O-])cc(Nc2ccc(C)cc2)n1. The first-order valence-electron chi connectivity index (χ1n) is 6.32. The van der Waals surface area contributed by atoms with Crippen molar-refractivity contribution < 1.29 is 4.92 Å². The lowest BCUT2D eigenvalue weighted by molar-refractivity contribution is -0.384. The fourth-order valence-corrected chi connectivity index (χ4v) is 1.74. The van der Waals surface area contributed by atoms with Crippen molar-refractivity contribution in [3.05, 3.63) is 52.1 Å². The minimum atomic E-state index is -0.428. The van der Waals surface area contributed by atoms with Crippen molar-refractivity contribution in [2.75, 3.05) is 17.2 Å². The predicted molar refractivity (Wildman–Crippen MR) is 79.5 cm³/mol. The minimum Gasteiger partial charge on any atom is -0.370 e. The molecule has 2 N–H and O–H groups in total. The Labute approximate surface area is 117 Å². The molecule has 1 aromatic carbocycles. The Morgan fingerprint density at radius 1 is 1.20 bits per heavy atom. The van der Waals surface area contributed by atoms with Crippen molar-refractivity contribution in [3.63, 3.8) is 0 Å². The standard InChI is InChI=1S/C14H16N4O2/c1-3-15-13-8-12(18(19)20)9-14(17-13)16-11-6-4-10(2)5-7-11/h4-9H,3H2,1-2H3,(H2,15,16,17). The number of aryl methyl sites for hydroxylation is 1. The first kappa shape index (κ1) is 13.8. The quantitative estimate of drug-likeness (QED) is 0.643. The number of nitrogens with one attached hydrogen (secondary N) is 2. The molecule has 0 spiro atoms. The average Bonchev–Trinajstić information content (AvgIpc) is 2.41. The van der Waals surface area contributed by atoms with E-state index in [4.69, 9.17) is 0 Å². The summed E-state index contributed by atoms with van der Waals surface area (Å²) in [5.74, 6) is 0.926. The van der Waals surface area contributed by atoms with Crippen LogP contribution in [-0.2, 0) is 0 Å². The molecule has 2 rings (SSSR count). The number of rotatable bonds is 5. The van der Waals surface area contributed by atoms with E-state index < -0.39 is 4.92 Å². The second-order valence-electron chi connectivity index (χ2n) is 4.37. The van der Waals surface area contributed by atoms with Crippen LogP contribution in [0.3, 0.4) is 0 Å². The Hall–Kier alpha value is -2.63. The Kier molecular flexibility index (Phi) is 4.14. The highest BCUT2D eigenvalue weighted by Crippen LogP contribution is 2.23. The molecule has 0 saturated heterocycles. The van der Waals surface area contributed by atoms with Crippen LogP contribution in [-0.4, -0.2) is 16.5 Å². The van der Waals surface area contributed by atoms with Gasteiger partial charge in [0.15, 0.2) is 0 Å². The van der Waals surface area contributed by atoms with Crippen molar-refractivity contribution in [3.8, 4) is 0 Å². The van der Waals surface area contributed by atoms with Gasteiger partial charge in [-0.3, -0.25) is 10.1 Å². The van der Waals surface area contributed by atoms with Crippen LogP contribution >= 0.6 is 0 Å². The second kappa shape index (κ2) is 6.01. The summed E-state index contributed by atoms with van der Waals surface area (Å²) in [6, 6.07) is 10.6. The van der Waals surface area contributed by atoms with E-state index in [0.717, 1.165) is 11.3 Å². The number of hydrogen-bond acceptors (Lipinski definition) is 5. The van der Waals surface area contributed by atoms with Gasteiger partial charge in [0.25, 0.3) is 5.69 Å². The zero-order chi connectivity index (χ0) is 14.5. The third kappa shape index (κ3) is 3.44. The van der Waals surface area contributed by atoms with Crippen molar-refractivity contribution in [2.45, 2.75) is 13.8 Å². The van der Waals surface area contributed by atoms with Gasteiger partial charge in [-0.25, -0.2) is 4.98 Å². The van der Waals surface area contributed by atoms with Crippen LogP contribution in [0.25, 0.3) is 0 Å². The first-order valence-corrected chi connectivity index (χ1v) is 6.32. The Morgan fingerprint density at radius 2 is 1.85 bits per heavy atom. The molecule has 0 saturated carbocycles. The third-order valence-electron chi connectivity index (χ3n) is 2.70. The number of pyridine rings is 1. The molecule has 6 nitrogen and oxygen atoms in total. The van der Waals surface area contributed by atoms with Crippen molar-refractivity contribution in [2.24, 2.45) is 0 Å². The van der Waals surface area contributed by atoms with Crippen LogP contribution in [0.15, 0.2) is 36.4 Å². The Morgan fingerprint density at radius 3 is 2.45 bits per heavy atom. The van der Waals surface area contributed by atoms with E-state index in [1.807, 2.05) is 38.1 Å². The number of hydrogen-bond donors (Lipinski definition) is 2. The molecule has 0 atom stereocenters. The molecule has 0 aliphatic carbocycles. The van der Waals surface area contributed by atoms with Gasteiger partial charge in [-0.1, -0.05) is 17.7 Å². The van der Waals surface area contributed by atoms with Gasteiger partial charge in [0, 0.05) is 12.2 Å². The summed E-state index contributed by atoms with van der Waals surface area (Å²) in [4.78, 5) is 14.8. The van der Waals surface area contributed by atoms with Crippen LogP contribution in [0, 0.1) is 17.0 Å². The van der Waals surface area contributed by atoms with Gasteiger partial charge in [0.2, 0.25) is 0 Å². The second-order valence-corrected chi connectivity index (χ2v) is 4.37. The minimum absolute atomic E-state index is 0.00515. The van der Waals surface area contributed by atoms with Crippen LogP contribution in [0.4, 0.5) is 23.0 Å². The molecule has 0 amide bonds. The highest BCUT2D eigenvalue weighted by Gasteiger charge is 2.11. The average molecular weight is 272 g/mol. The third-order valence-corrected chi connectivity index (χ3v) is 2.70. The maximum atomic E-state index is 10.9. The lowest BCUT2D eigenvalue weighted by Crippen LogP contribution is -2.03. The normalized spacial score (nSPS) is 10.1. The van der Waals surface area contributed by atoms with Crippen LogP contribution in [0.5, 0.6) is 0 Å². The van der Waals surface area contributed by atoms with Gasteiger partial charge in [-0.05, 0) is 26.0 Å². The summed E-state index contributed by atoms with van der Waals surface area (Å²) in [7, 11) is 0. The van der Waals surface area contributed by atoms with Crippen molar-refractivity contribution >= 4 is 23.0 Å². The van der Waals surface area contributed by atoms with E-state index in [1.165, 1.54) is 12.1 Å². The van der Waals surface area contributed by atoms with Gasteiger partial charge in [-0.2, -0.15) is 0 Å². The molecule has 6 heteroatoms. The lowest BCUT2D eigenvalue weighted by Gasteiger charge is -2.08. The predicted octanol–water partition coefficient (Wildman–Crippen LogP) is 3.47. The lowest BCUT2D eigenvalue weighted by atomic mass is 10.2. The molecular formula is C14H16N4O2. The van der Waals surface area contributed by atoms with Gasteiger partial charge >= 0.3 is 0 Å². The molecule has 0 aliphatic rings. The molecule has 1 aromatic heterocycles. The molecule has 0 aliphatic heterocycles. The van der Waals surface area contributed by atoms with E-state index in [1.54, 1.807) is 0 Å². The van der Waals surface area contributed by atoms with Gasteiger partial charge in [0.05, 0.1) is 17.1 Å². The largest absolute Gasteiger partial charge is 0.370 e. The molecule has 2 aromatic rings. The molecule has 20 heavy (non-hydrogen) atoms. The molecule has 0 radical (unpaired) electrons. The number of anilines is 3. The van der Waals surface area contributed by atoms with E-state index in [0.29, 0.717) is 18.2 Å². The Bertz CT molecular complexity index is 611. The summed E-state index contributed by atoms with van der Waals surface area (Å²) in [6.45, 7) is 4.56. The maximum Gasteiger partial charge on any atom is 0.276 e. The molecule has 1 heterocycles. The van der Waals surface area contributed by atoms with Crippen molar-refractivity contribution in [1.82, 2.24) is 4.98 Å². The zero-order valence-corrected chi connectivity index (χ0v) is 11.4. The van der Waals surface area contributed by atoms with Crippen LogP contribution < -0.4 is 10.6 Å². The molecule has 0 unspecified atom stereocenters. The summed E-state index contributed by atoms with van der Waals surface area (Å²) >= 11 is 0.